The minimum Gasteiger partial charge on any atom is -0.455 e. The first kappa shape index (κ1) is 41.1. The van der Waals surface area contributed by atoms with E-state index in [0.29, 0.717) is 23.3 Å². The molecule has 70 heavy (non-hydrogen) atoms. The van der Waals surface area contributed by atoms with E-state index in [-0.39, 0.29) is 5.41 Å². The normalized spacial score (nSPS) is 12.5. The third kappa shape index (κ3) is 7.08. The van der Waals surface area contributed by atoms with Gasteiger partial charge in [-0.1, -0.05) is 208 Å². The molecule has 0 saturated heterocycles. The van der Waals surface area contributed by atoms with Crippen molar-refractivity contribution in [3.8, 4) is 101 Å². The highest BCUT2D eigenvalue weighted by Crippen LogP contribution is 2.49. The van der Waals surface area contributed by atoms with Crippen LogP contribution < -0.4 is 0 Å². The SMILES string of the molecule is CC1(C)c2ccccc2-c2cc(-c3cc(-c4cccc(-c5cccc(-c6nc(-c7ccccc7)nc(-c7cccc8c7oc7c(-c9ccccc9)cccc78)n6)c5)c4)nc(-c4ccccc4)n3)ccc21. The molecule has 9 aromatic carbocycles. The van der Waals surface area contributed by atoms with E-state index in [1.807, 2.05) is 60.7 Å². The number of benzene rings is 9. The van der Waals surface area contributed by atoms with Gasteiger partial charge < -0.3 is 4.42 Å². The van der Waals surface area contributed by atoms with Gasteiger partial charge in [-0.3, -0.25) is 0 Å². The summed E-state index contributed by atoms with van der Waals surface area (Å²) in [6.45, 7) is 4.62. The monoisotopic (exact) mass is 897 g/mol. The summed E-state index contributed by atoms with van der Waals surface area (Å²) in [4.78, 5) is 25.9. The zero-order valence-electron chi connectivity index (χ0n) is 38.5. The maximum Gasteiger partial charge on any atom is 0.167 e. The summed E-state index contributed by atoms with van der Waals surface area (Å²) >= 11 is 0. The van der Waals surface area contributed by atoms with Crippen molar-refractivity contribution in [2.75, 3.05) is 0 Å². The molecule has 0 aliphatic heterocycles. The second kappa shape index (κ2) is 16.6. The summed E-state index contributed by atoms with van der Waals surface area (Å²) in [6, 6.07) is 77.8. The van der Waals surface area contributed by atoms with Crippen molar-refractivity contribution in [3.63, 3.8) is 0 Å². The van der Waals surface area contributed by atoms with E-state index < -0.39 is 0 Å². The number of nitrogens with zero attached hydrogens (tertiary/aromatic N) is 5. The number of para-hydroxylation sites is 2. The highest BCUT2D eigenvalue weighted by molar-refractivity contribution is 6.12. The quantitative estimate of drug-likeness (QED) is 0.151. The van der Waals surface area contributed by atoms with E-state index >= 15 is 0 Å². The number of hydrogen-bond donors (Lipinski definition) is 0. The predicted octanol–water partition coefficient (Wildman–Crippen LogP) is 16.2. The standard InChI is InChI=1S/C64H43N5O/c1-64(2)54-33-13-12-28-49(54)53-38-46(34-35-55(53)64)57-39-56(65-60(66-57)41-20-8-4-9-21-41)45-26-14-24-43(36-45)44-25-15-27-47(37-44)62-67-61(42-22-10-5-11-23-42)68-63(69-62)52-32-17-31-51-50-30-16-29-48(58(50)70-59(51)52)40-18-6-3-7-19-40/h3-39H,1-2H3. The van der Waals surface area contributed by atoms with E-state index in [0.717, 1.165) is 89.0 Å². The van der Waals surface area contributed by atoms with E-state index in [2.05, 4.69) is 178 Å². The number of fused-ring (bicyclic) bond motifs is 6. The second-order valence-corrected chi connectivity index (χ2v) is 18.4. The first-order valence-electron chi connectivity index (χ1n) is 23.6. The van der Waals surface area contributed by atoms with Crippen molar-refractivity contribution >= 4 is 21.9 Å². The van der Waals surface area contributed by atoms with Crippen LogP contribution in [0.1, 0.15) is 25.0 Å². The fourth-order valence-corrected chi connectivity index (χ4v) is 10.2. The van der Waals surface area contributed by atoms with Crippen LogP contribution in [0.3, 0.4) is 0 Å². The molecule has 1 aliphatic rings. The van der Waals surface area contributed by atoms with E-state index in [1.54, 1.807) is 0 Å². The fraction of sp³-hybridized carbons (Fsp3) is 0.0469. The molecule has 1 aliphatic carbocycles. The van der Waals surface area contributed by atoms with Crippen LogP contribution in [-0.4, -0.2) is 24.9 Å². The van der Waals surface area contributed by atoms with Crippen LogP contribution in [0.5, 0.6) is 0 Å². The lowest BCUT2D eigenvalue weighted by molar-refractivity contribution is 0.660. The Hall–Kier alpha value is -9.13. The van der Waals surface area contributed by atoms with Gasteiger partial charge in [-0.2, -0.15) is 0 Å². The maximum atomic E-state index is 6.83. The van der Waals surface area contributed by atoms with Gasteiger partial charge in [0.15, 0.2) is 23.3 Å². The van der Waals surface area contributed by atoms with Crippen molar-refractivity contribution in [2.24, 2.45) is 0 Å². The van der Waals surface area contributed by atoms with E-state index in [1.165, 1.54) is 22.3 Å². The molecular weight excluding hydrogens is 855 g/mol. The van der Waals surface area contributed by atoms with Gasteiger partial charge in [-0.05, 0) is 69.3 Å². The first-order valence-corrected chi connectivity index (χ1v) is 23.6. The van der Waals surface area contributed by atoms with Crippen LogP contribution in [0.4, 0.5) is 0 Å². The summed E-state index contributed by atoms with van der Waals surface area (Å²) in [5.41, 5.74) is 18.2. The molecule has 3 heterocycles. The Morgan fingerprint density at radius 3 is 1.40 bits per heavy atom. The molecular formula is C64H43N5O. The van der Waals surface area contributed by atoms with Gasteiger partial charge in [-0.15, -0.1) is 0 Å². The number of rotatable bonds is 8. The summed E-state index contributed by atoms with van der Waals surface area (Å²) in [5, 5.41) is 2.04. The van der Waals surface area contributed by atoms with Crippen molar-refractivity contribution in [2.45, 2.75) is 19.3 Å². The first-order chi connectivity index (χ1) is 34.4. The summed E-state index contributed by atoms with van der Waals surface area (Å²) in [7, 11) is 0. The van der Waals surface area contributed by atoms with Gasteiger partial charge in [0.1, 0.15) is 11.2 Å². The van der Waals surface area contributed by atoms with Gasteiger partial charge in [0.2, 0.25) is 0 Å². The van der Waals surface area contributed by atoms with Gasteiger partial charge in [-0.25, -0.2) is 24.9 Å². The minimum absolute atomic E-state index is 0.0813. The molecule has 0 N–H and O–H groups in total. The Balaban J connectivity index is 0.908. The minimum atomic E-state index is -0.0813. The molecule has 0 fully saturated rings. The zero-order valence-corrected chi connectivity index (χ0v) is 38.5. The van der Waals surface area contributed by atoms with Crippen LogP contribution in [-0.2, 0) is 5.41 Å². The molecule has 12 aromatic rings. The van der Waals surface area contributed by atoms with E-state index in [4.69, 9.17) is 29.3 Å². The molecule has 3 aromatic heterocycles. The molecule has 0 unspecified atom stereocenters. The Kier molecular flexibility index (Phi) is 9.73. The Morgan fingerprint density at radius 1 is 0.286 bits per heavy atom. The second-order valence-electron chi connectivity index (χ2n) is 18.4. The average molecular weight is 898 g/mol. The molecule has 13 rings (SSSR count). The summed E-state index contributed by atoms with van der Waals surface area (Å²) < 4.78 is 6.83. The van der Waals surface area contributed by atoms with Crippen molar-refractivity contribution in [1.29, 1.82) is 0 Å². The Morgan fingerprint density at radius 2 is 0.729 bits per heavy atom. The largest absolute Gasteiger partial charge is 0.455 e. The predicted molar refractivity (Wildman–Crippen MR) is 284 cm³/mol. The van der Waals surface area contributed by atoms with Crippen LogP contribution in [0, 0.1) is 0 Å². The maximum absolute atomic E-state index is 6.83. The molecule has 0 atom stereocenters. The molecule has 330 valence electrons. The molecule has 6 heteroatoms. The van der Waals surface area contributed by atoms with Crippen LogP contribution in [0.15, 0.2) is 229 Å². The molecule has 0 spiro atoms. The zero-order chi connectivity index (χ0) is 46.8. The Labute approximate surface area is 405 Å². The highest BCUT2D eigenvalue weighted by atomic mass is 16.3. The lowest BCUT2D eigenvalue weighted by Crippen LogP contribution is -2.14. The third-order valence-electron chi connectivity index (χ3n) is 13.8. The van der Waals surface area contributed by atoms with E-state index in [9.17, 15) is 0 Å². The lowest BCUT2D eigenvalue weighted by atomic mass is 9.82. The van der Waals surface area contributed by atoms with Crippen molar-refractivity contribution in [3.05, 3.63) is 236 Å². The third-order valence-corrected chi connectivity index (χ3v) is 13.8. The average Bonchev–Trinajstić information content (AvgIpc) is 3.93. The van der Waals surface area contributed by atoms with Gasteiger partial charge in [0, 0.05) is 49.6 Å². The number of furan rings is 1. The summed E-state index contributed by atoms with van der Waals surface area (Å²) in [5.74, 6) is 2.35. The van der Waals surface area contributed by atoms with Gasteiger partial charge in [0.05, 0.1) is 17.0 Å². The molecule has 0 amide bonds. The summed E-state index contributed by atoms with van der Waals surface area (Å²) in [6.07, 6.45) is 0. The lowest BCUT2D eigenvalue weighted by Gasteiger charge is -2.21. The van der Waals surface area contributed by atoms with Crippen LogP contribution >= 0.6 is 0 Å². The fourth-order valence-electron chi connectivity index (χ4n) is 10.2. The van der Waals surface area contributed by atoms with Crippen molar-refractivity contribution in [1.82, 2.24) is 24.9 Å². The highest BCUT2D eigenvalue weighted by Gasteiger charge is 2.35. The topological polar surface area (TPSA) is 77.6 Å². The van der Waals surface area contributed by atoms with Crippen LogP contribution in [0.25, 0.3) is 123 Å². The van der Waals surface area contributed by atoms with Gasteiger partial charge >= 0.3 is 0 Å². The number of hydrogen-bond acceptors (Lipinski definition) is 6. The smallest absolute Gasteiger partial charge is 0.167 e. The molecule has 0 radical (unpaired) electrons. The number of aromatic nitrogens is 5. The van der Waals surface area contributed by atoms with Gasteiger partial charge in [0.25, 0.3) is 0 Å². The Bertz CT molecular complexity index is 3970. The van der Waals surface area contributed by atoms with Crippen LogP contribution in [0.2, 0.25) is 0 Å². The molecule has 6 nitrogen and oxygen atoms in total. The van der Waals surface area contributed by atoms with Crippen molar-refractivity contribution < 1.29 is 4.42 Å². The molecule has 0 saturated carbocycles. The molecule has 0 bridgehead atoms.